The lowest BCUT2D eigenvalue weighted by Crippen LogP contribution is -2.51. The third-order valence-electron chi connectivity index (χ3n) is 4.11. The van der Waals surface area contributed by atoms with Crippen molar-refractivity contribution in [1.82, 2.24) is 0 Å². The van der Waals surface area contributed by atoms with Gasteiger partial charge in [-0.1, -0.05) is 26.0 Å². The van der Waals surface area contributed by atoms with Crippen LogP contribution < -0.4 is 10.5 Å². The van der Waals surface area contributed by atoms with Gasteiger partial charge >= 0.3 is 0 Å². The second kappa shape index (κ2) is 5.74. The van der Waals surface area contributed by atoms with Gasteiger partial charge in [-0.2, -0.15) is 0 Å². The number of aryl methyl sites for hydroxylation is 1. The molecule has 2 N–H and O–H groups in total. The predicted molar refractivity (Wildman–Crippen MR) is 78.4 cm³/mol. The molecule has 0 saturated carbocycles. The van der Waals surface area contributed by atoms with Crippen LogP contribution >= 0.6 is 0 Å². The van der Waals surface area contributed by atoms with Gasteiger partial charge in [0.05, 0.1) is 7.11 Å². The Kier molecular flexibility index (Phi) is 4.75. The zero-order valence-electron chi connectivity index (χ0n) is 12.6. The maximum absolute atomic E-state index is 12.3. The Morgan fingerprint density at radius 3 is 2.11 bits per heavy atom. The van der Waals surface area contributed by atoms with Crippen LogP contribution in [-0.4, -0.2) is 18.4 Å². The molecule has 19 heavy (non-hydrogen) atoms. The third kappa shape index (κ3) is 3.80. The lowest BCUT2D eigenvalue weighted by molar-refractivity contribution is -0.129. The Balaban J connectivity index is 2.63. The highest BCUT2D eigenvalue weighted by atomic mass is 16.5. The minimum atomic E-state index is -0.514. The summed E-state index contributed by atoms with van der Waals surface area (Å²) in [6, 6.07) is 7.81. The van der Waals surface area contributed by atoms with Crippen LogP contribution in [0.4, 0.5) is 0 Å². The molecule has 1 rings (SSSR count). The van der Waals surface area contributed by atoms with Crippen LogP contribution in [0, 0.1) is 5.41 Å². The Hall–Kier alpha value is -1.35. The first kappa shape index (κ1) is 15.7. The number of benzene rings is 1. The first-order valence-corrected chi connectivity index (χ1v) is 6.63. The fraction of sp³-hybridized carbons (Fsp3) is 0.562. The van der Waals surface area contributed by atoms with Crippen molar-refractivity contribution in [1.29, 1.82) is 0 Å². The highest BCUT2D eigenvalue weighted by Gasteiger charge is 2.39. The van der Waals surface area contributed by atoms with E-state index < -0.39 is 11.0 Å². The summed E-state index contributed by atoms with van der Waals surface area (Å²) >= 11 is 0. The van der Waals surface area contributed by atoms with Crippen molar-refractivity contribution < 1.29 is 9.53 Å². The van der Waals surface area contributed by atoms with E-state index >= 15 is 0 Å². The summed E-state index contributed by atoms with van der Waals surface area (Å²) in [7, 11) is 1.64. The van der Waals surface area contributed by atoms with Gasteiger partial charge in [-0.15, -0.1) is 0 Å². The molecule has 0 spiro atoms. The monoisotopic (exact) mass is 263 g/mol. The van der Waals surface area contributed by atoms with Crippen molar-refractivity contribution >= 4 is 5.78 Å². The Labute approximate surface area is 116 Å². The number of hydrogen-bond donors (Lipinski definition) is 1. The van der Waals surface area contributed by atoms with E-state index in [0.717, 1.165) is 17.7 Å². The number of carbonyl (C=O) groups excluding carboxylic acids is 1. The molecule has 1 aromatic rings. The van der Waals surface area contributed by atoms with E-state index in [4.69, 9.17) is 10.5 Å². The van der Waals surface area contributed by atoms with Crippen LogP contribution in [0.3, 0.4) is 0 Å². The van der Waals surface area contributed by atoms with Crippen LogP contribution in [0.1, 0.15) is 39.7 Å². The van der Waals surface area contributed by atoms with Gasteiger partial charge in [0, 0.05) is 17.4 Å². The summed E-state index contributed by atoms with van der Waals surface area (Å²) in [5.74, 6) is 1.04. The minimum absolute atomic E-state index is 0.204. The van der Waals surface area contributed by atoms with Crippen molar-refractivity contribution in [2.45, 2.75) is 46.1 Å². The predicted octanol–water partition coefficient (Wildman–Crippen LogP) is 2.96. The number of carbonyl (C=O) groups is 1. The van der Waals surface area contributed by atoms with Gasteiger partial charge < -0.3 is 10.5 Å². The molecule has 0 radical (unpaired) electrons. The van der Waals surface area contributed by atoms with Crippen molar-refractivity contribution in [3.63, 3.8) is 0 Å². The number of methoxy groups -OCH3 is 1. The zero-order valence-corrected chi connectivity index (χ0v) is 12.6. The quantitative estimate of drug-likeness (QED) is 0.858. The minimum Gasteiger partial charge on any atom is -0.497 e. The molecule has 3 nitrogen and oxygen atoms in total. The molecule has 1 aromatic carbocycles. The first-order chi connectivity index (χ1) is 8.68. The smallest absolute Gasteiger partial charge is 0.140 e. The number of rotatable bonds is 6. The number of ether oxygens (including phenoxy) is 1. The highest BCUT2D eigenvalue weighted by molar-refractivity contribution is 5.85. The molecule has 0 aliphatic heterocycles. The van der Waals surface area contributed by atoms with Crippen LogP contribution in [0.25, 0.3) is 0 Å². The normalized spacial score (nSPS) is 12.3. The maximum Gasteiger partial charge on any atom is 0.140 e. The molecule has 0 fully saturated rings. The molecule has 0 aliphatic carbocycles. The summed E-state index contributed by atoms with van der Waals surface area (Å²) in [4.78, 5) is 12.3. The summed E-state index contributed by atoms with van der Waals surface area (Å²) in [6.07, 6.45) is 1.25. The Bertz CT molecular complexity index is 427. The average molecular weight is 263 g/mol. The maximum atomic E-state index is 12.3. The third-order valence-corrected chi connectivity index (χ3v) is 4.11. The zero-order chi connectivity index (χ0) is 14.7. The van der Waals surface area contributed by atoms with Crippen molar-refractivity contribution in [3.8, 4) is 5.75 Å². The van der Waals surface area contributed by atoms with Crippen molar-refractivity contribution in [2.75, 3.05) is 7.11 Å². The fourth-order valence-electron chi connectivity index (χ4n) is 1.72. The molecule has 0 bridgehead atoms. The summed E-state index contributed by atoms with van der Waals surface area (Å²) in [5, 5.41) is 0. The standard InChI is InChI=1S/C16H25NO2/c1-15(2,16(3,4)17)14(18)11-8-12-6-9-13(19-5)10-7-12/h6-7,9-10H,8,11,17H2,1-5H3. The largest absolute Gasteiger partial charge is 0.497 e. The molecule has 106 valence electrons. The van der Waals surface area contributed by atoms with Gasteiger partial charge in [0.2, 0.25) is 0 Å². The molecule has 0 aliphatic rings. The molecular weight excluding hydrogens is 238 g/mol. The topological polar surface area (TPSA) is 52.3 Å². The molecule has 0 amide bonds. The molecule has 3 heteroatoms. The molecule has 0 atom stereocenters. The van der Waals surface area contributed by atoms with E-state index in [1.54, 1.807) is 7.11 Å². The van der Waals surface area contributed by atoms with Crippen LogP contribution in [0.15, 0.2) is 24.3 Å². The van der Waals surface area contributed by atoms with E-state index in [1.165, 1.54) is 0 Å². The van der Waals surface area contributed by atoms with E-state index in [1.807, 2.05) is 52.0 Å². The molecule has 0 saturated heterocycles. The summed E-state index contributed by atoms with van der Waals surface area (Å²) in [5.41, 5.74) is 6.20. The average Bonchev–Trinajstić information content (AvgIpc) is 2.35. The van der Waals surface area contributed by atoms with Gasteiger partial charge in [0.25, 0.3) is 0 Å². The van der Waals surface area contributed by atoms with Crippen molar-refractivity contribution in [3.05, 3.63) is 29.8 Å². The number of nitrogens with two attached hydrogens (primary N) is 1. The van der Waals surface area contributed by atoms with Crippen molar-refractivity contribution in [2.24, 2.45) is 11.1 Å². The molecule has 0 heterocycles. The Morgan fingerprint density at radius 2 is 1.68 bits per heavy atom. The van der Waals surface area contributed by atoms with E-state index in [9.17, 15) is 4.79 Å². The van der Waals surface area contributed by atoms with Gasteiger partial charge in [-0.25, -0.2) is 0 Å². The van der Waals surface area contributed by atoms with Gasteiger partial charge in [-0.3, -0.25) is 4.79 Å². The number of hydrogen-bond acceptors (Lipinski definition) is 3. The summed E-state index contributed by atoms with van der Waals surface area (Å²) in [6.45, 7) is 7.64. The molecule has 0 unspecified atom stereocenters. The summed E-state index contributed by atoms with van der Waals surface area (Å²) < 4.78 is 5.11. The fourth-order valence-corrected chi connectivity index (χ4v) is 1.72. The first-order valence-electron chi connectivity index (χ1n) is 6.63. The second-order valence-corrected chi connectivity index (χ2v) is 6.12. The van der Waals surface area contributed by atoms with E-state index in [2.05, 4.69) is 0 Å². The number of Topliss-reactive ketones (excluding diaryl/α,β-unsaturated/α-hetero) is 1. The lowest BCUT2D eigenvalue weighted by Gasteiger charge is -2.37. The van der Waals surface area contributed by atoms with Crippen LogP contribution in [0.2, 0.25) is 0 Å². The SMILES string of the molecule is COc1ccc(CCC(=O)C(C)(C)C(C)(C)N)cc1. The van der Waals surface area contributed by atoms with Crippen LogP contribution in [-0.2, 0) is 11.2 Å². The molecular formula is C16H25NO2. The lowest BCUT2D eigenvalue weighted by atomic mass is 9.71. The van der Waals surface area contributed by atoms with Gasteiger partial charge in [0.15, 0.2) is 0 Å². The molecule has 0 aromatic heterocycles. The Morgan fingerprint density at radius 1 is 1.16 bits per heavy atom. The second-order valence-electron chi connectivity index (χ2n) is 6.12. The van der Waals surface area contributed by atoms with Gasteiger partial charge in [0.1, 0.15) is 11.5 Å². The van der Waals surface area contributed by atoms with Crippen LogP contribution in [0.5, 0.6) is 5.75 Å². The highest BCUT2D eigenvalue weighted by Crippen LogP contribution is 2.31. The number of ketones is 1. The van der Waals surface area contributed by atoms with Gasteiger partial charge in [-0.05, 0) is 38.0 Å². The van der Waals surface area contributed by atoms with E-state index in [0.29, 0.717) is 6.42 Å². The van der Waals surface area contributed by atoms with E-state index in [-0.39, 0.29) is 5.78 Å².